The highest BCUT2D eigenvalue weighted by Crippen LogP contribution is 2.34. The number of allylic oxidation sites excluding steroid dienone is 2. The molecule has 2 N–H and O–H groups in total. The first-order chi connectivity index (χ1) is 20.5. The summed E-state index contributed by atoms with van der Waals surface area (Å²) in [5, 5.41) is 23.6. The number of anilines is 2. The van der Waals surface area contributed by atoms with E-state index < -0.39 is 11.6 Å². The molecule has 1 aliphatic carbocycles. The van der Waals surface area contributed by atoms with E-state index in [-0.39, 0.29) is 22.8 Å². The lowest BCUT2D eigenvalue weighted by molar-refractivity contribution is -0.114. The number of aromatic nitrogens is 6. The van der Waals surface area contributed by atoms with Crippen molar-refractivity contribution in [1.82, 2.24) is 30.0 Å². The predicted molar refractivity (Wildman–Crippen MR) is 161 cm³/mol. The SMILES string of the molecule is Cc1ccc(NC2=C(n3nnc4ccccc43)C(=O)C(Nc3ccc(C)cc3)=C(n3nnc4ccccc43)C2=O)cc1. The van der Waals surface area contributed by atoms with Crippen LogP contribution in [0.15, 0.2) is 108 Å². The molecule has 0 aliphatic heterocycles. The Balaban J connectivity index is 1.48. The third kappa shape index (κ3) is 4.22. The van der Waals surface area contributed by atoms with Gasteiger partial charge in [-0.05, 0) is 62.4 Å². The molecule has 2 aromatic heterocycles. The van der Waals surface area contributed by atoms with Crippen LogP contribution in [0.2, 0.25) is 0 Å². The first-order valence-electron chi connectivity index (χ1n) is 13.3. The molecule has 42 heavy (non-hydrogen) atoms. The van der Waals surface area contributed by atoms with Gasteiger partial charge in [0, 0.05) is 11.4 Å². The summed E-state index contributed by atoms with van der Waals surface area (Å²) in [5.41, 5.74) is 5.90. The average molecular weight is 553 g/mol. The van der Waals surface area contributed by atoms with E-state index in [1.54, 1.807) is 24.3 Å². The number of hydrogen-bond acceptors (Lipinski definition) is 8. The Morgan fingerprint density at radius 3 is 1.31 bits per heavy atom. The van der Waals surface area contributed by atoms with Gasteiger partial charge in [0.2, 0.25) is 11.6 Å². The Hall–Kier alpha value is -5.90. The fourth-order valence-corrected chi connectivity index (χ4v) is 4.95. The van der Waals surface area contributed by atoms with Gasteiger partial charge in [-0.3, -0.25) is 9.59 Å². The molecule has 0 unspecified atom stereocenters. The van der Waals surface area contributed by atoms with E-state index in [0.29, 0.717) is 33.4 Å². The van der Waals surface area contributed by atoms with Gasteiger partial charge in [-0.1, -0.05) is 70.1 Å². The molecule has 10 heteroatoms. The van der Waals surface area contributed by atoms with Gasteiger partial charge in [0.25, 0.3) is 0 Å². The summed E-state index contributed by atoms with van der Waals surface area (Å²) in [6.45, 7) is 3.95. The summed E-state index contributed by atoms with van der Waals surface area (Å²) in [7, 11) is 0. The molecule has 204 valence electrons. The Morgan fingerprint density at radius 1 is 0.524 bits per heavy atom. The van der Waals surface area contributed by atoms with Crippen molar-refractivity contribution in [2.75, 3.05) is 10.6 Å². The number of carbonyl (C=O) groups excluding carboxylic acids is 2. The lowest BCUT2D eigenvalue weighted by Crippen LogP contribution is -2.34. The molecule has 2 heterocycles. The number of nitrogens with zero attached hydrogens (tertiary/aromatic N) is 6. The molecular formula is C32H24N8O2. The summed E-state index contributed by atoms with van der Waals surface area (Å²) < 4.78 is 2.83. The quantitative estimate of drug-likeness (QED) is 0.271. The van der Waals surface area contributed by atoms with Crippen molar-refractivity contribution in [2.45, 2.75) is 13.8 Å². The summed E-state index contributed by atoms with van der Waals surface area (Å²) in [6.07, 6.45) is 0. The van der Waals surface area contributed by atoms with Gasteiger partial charge in [-0.15, -0.1) is 10.2 Å². The number of ketones is 2. The molecule has 1 aliphatic rings. The van der Waals surface area contributed by atoms with Crippen LogP contribution in [0.4, 0.5) is 11.4 Å². The number of carbonyl (C=O) groups is 2. The minimum Gasteiger partial charge on any atom is -0.350 e. The van der Waals surface area contributed by atoms with Crippen LogP contribution in [-0.4, -0.2) is 41.6 Å². The van der Waals surface area contributed by atoms with Crippen LogP contribution >= 0.6 is 0 Å². The third-order valence-electron chi connectivity index (χ3n) is 7.13. The topological polar surface area (TPSA) is 120 Å². The van der Waals surface area contributed by atoms with Crippen molar-refractivity contribution in [3.05, 3.63) is 120 Å². The Morgan fingerprint density at radius 2 is 0.905 bits per heavy atom. The predicted octanol–water partition coefficient (Wildman–Crippen LogP) is 5.21. The van der Waals surface area contributed by atoms with E-state index in [4.69, 9.17) is 0 Å². The number of fused-ring (bicyclic) bond motifs is 2. The minimum absolute atomic E-state index is 0.0389. The van der Waals surface area contributed by atoms with E-state index in [1.165, 1.54) is 9.36 Å². The Labute approximate surface area is 240 Å². The van der Waals surface area contributed by atoms with E-state index in [2.05, 4.69) is 31.3 Å². The minimum atomic E-state index is -0.463. The second-order valence-electron chi connectivity index (χ2n) is 10.1. The second-order valence-corrected chi connectivity index (χ2v) is 10.1. The number of rotatable bonds is 6. The highest BCUT2D eigenvalue weighted by molar-refractivity contribution is 6.45. The smallest absolute Gasteiger partial charge is 0.232 e. The first-order valence-corrected chi connectivity index (χ1v) is 13.3. The summed E-state index contributed by atoms with van der Waals surface area (Å²) >= 11 is 0. The van der Waals surface area contributed by atoms with Crippen LogP contribution in [-0.2, 0) is 9.59 Å². The van der Waals surface area contributed by atoms with Crippen molar-refractivity contribution in [1.29, 1.82) is 0 Å². The number of hydrogen-bond donors (Lipinski definition) is 2. The van der Waals surface area contributed by atoms with Gasteiger partial charge in [0.05, 0.1) is 11.0 Å². The molecule has 0 saturated heterocycles. The zero-order chi connectivity index (χ0) is 28.8. The molecule has 0 radical (unpaired) electrons. The largest absolute Gasteiger partial charge is 0.350 e. The highest BCUT2D eigenvalue weighted by atomic mass is 16.1. The molecule has 0 atom stereocenters. The summed E-state index contributed by atoms with van der Waals surface area (Å²) in [6, 6.07) is 29.7. The normalized spacial score (nSPS) is 13.9. The summed E-state index contributed by atoms with van der Waals surface area (Å²) in [4.78, 5) is 29.3. The molecule has 4 aromatic carbocycles. The van der Waals surface area contributed by atoms with Gasteiger partial charge in [-0.2, -0.15) is 0 Å². The molecule has 10 nitrogen and oxygen atoms in total. The molecule has 6 aromatic rings. The number of Topliss-reactive ketones (excluding diaryl/α,β-unsaturated/α-hetero) is 2. The number of benzene rings is 4. The van der Waals surface area contributed by atoms with Gasteiger partial charge < -0.3 is 10.6 Å². The van der Waals surface area contributed by atoms with Gasteiger partial charge >= 0.3 is 0 Å². The van der Waals surface area contributed by atoms with Gasteiger partial charge in [0.1, 0.15) is 33.8 Å². The Kier molecular flexibility index (Phi) is 5.93. The zero-order valence-corrected chi connectivity index (χ0v) is 22.7. The van der Waals surface area contributed by atoms with Crippen LogP contribution in [0.25, 0.3) is 33.5 Å². The standard InChI is InChI=1S/C32H24N8O2/c1-19-11-15-21(16-12-19)33-27-29(39-25-9-5-3-7-23(25)35-37-39)32(42)28(34-22-17-13-20(2)14-18-22)30(31(27)41)40-26-10-6-4-8-24(26)36-38-40/h3-18,33-34H,1-2H3. The van der Waals surface area contributed by atoms with Gasteiger partial charge in [-0.25, -0.2) is 9.36 Å². The lowest BCUT2D eigenvalue weighted by atomic mass is 9.97. The van der Waals surface area contributed by atoms with E-state index in [1.807, 2.05) is 86.6 Å². The van der Waals surface area contributed by atoms with Crippen molar-refractivity contribution < 1.29 is 9.59 Å². The maximum Gasteiger partial charge on any atom is 0.232 e. The molecule has 0 bridgehead atoms. The van der Waals surface area contributed by atoms with Crippen LogP contribution in [0.3, 0.4) is 0 Å². The van der Waals surface area contributed by atoms with Crippen molar-refractivity contribution in [2.24, 2.45) is 0 Å². The number of aryl methyl sites for hydroxylation is 2. The first kappa shape index (κ1) is 25.1. The van der Waals surface area contributed by atoms with E-state index in [0.717, 1.165) is 11.1 Å². The van der Waals surface area contributed by atoms with Crippen molar-refractivity contribution >= 4 is 56.4 Å². The second kappa shape index (κ2) is 9.93. The highest BCUT2D eigenvalue weighted by Gasteiger charge is 2.39. The van der Waals surface area contributed by atoms with Crippen molar-refractivity contribution in [3.8, 4) is 0 Å². The van der Waals surface area contributed by atoms with Crippen LogP contribution in [0.5, 0.6) is 0 Å². The van der Waals surface area contributed by atoms with Crippen LogP contribution in [0.1, 0.15) is 11.1 Å². The monoisotopic (exact) mass is 552 g/mol. The maximum absolute atomic E-state index is 14.7. The lowest BCUT2D eigenvalue weighted by Gasteiger charge is -2.25. The molecular weight excluding hydrogens is 528 g/mol. The van der Waals surface area contributed by atoms with E-state index in [9.17, 15) is 9.59 Å². The summed E-state index contributed by atoms with van der Waals surface area (Å²) in [5.74, 6) is -0.926. The third-order valence-corrected chi connectivity index (χ3v) is 7.13. The molecule has 0 spiro atoms. The van der Waals surface area contributed by atoms with Crippen LogP contribution < -0.4 is 10.6 Å². The fraction of sp³-hybridized carbons (Fsp3) is 0.0625. The Bertz CT molecular complexity index is 1930. The van der Waals surface area contributed by atoms with E-state index >= 15 is 0 Å². The maximum atomic E-state index is 14.7. The zero-order valence-electron chi connectivity index (χ0n) is 22.7. The van der Waals surface area contributed by atoms with Crippen molar-refractivity contribution in [3.63, 3.8) is 0 Å². The molecule has 0 fully saturated rings. The number of para-hydroxylation sites is 2. The van der Waals surface area contributed by atoms with Gasteiger partial charge in [0.15, 0.2) is 0 Å². The number of nitrogens with one attached hydrogen (secondary N) is 2. The molecule has 0 saturated carbocycles. The fourth-order valence-electron chi connectivity index (χ4n) is 4.95. The molecule has 7 rings (SSSR count). The molecule has 0 amide bonds. The van der Waals surface area contributed by atoms with Crippen LogP contribution in [0, 0.1) is 13.8 Å². The average Bonchev–Trinajstić information content (AvgIpc) is 3.63.